The van der Waals surface area contributed by atoms with Crippen LogP contribution in [0.3, 0.4) is 0 Å². The average molecular weight is 299 g/mol. The van der Waals surface area contributed by atoms with Crippen molar-refractivity contribution in [3.8, 4) is 0 Å². The molecule has 0 unspecified atom stereocenters. The van der Waals surface area contributed by atoms with Crippen molar-refractivity contribution in [2.24, 2.45) is 0 Å². The molecule has 0 amide bonds. The van der Waals surface area contributed by atoms with E-state index in [1.54, 1.807) is 24.3 Å². The Balaban J connectivity index is 1.76. The van der Waals surface area contributed by atoms with Gasteiger partial charge in [0.1, 0.15) is 5.58 Å². The molecule has 1 heterocycles. The summed E-state index contributed by atoms with van der Waals surface area (Å²) in [6, 6.07) is 15.2. The topological polar surface area (TPSA) is 30.2 Å². The maximum Gasteiger partial charge on any atom is 0.198 e. The molecule has 0 bridgehead atoms. The number of ketones is 1. The SMILES string of the molecule is Cc1ccccc1CCC(=O)c1cc2cc(Cl)ccc2o1. The molecule has 106 valence electrons. The summed E-state index contributed by atoms with van der Waals surface area (Å²) < 4.78 is 5.60. The third-order valence-corrected chi connectivity index (χ3v) is 3.87. The number of carbonyl (C=O) groups excluding carboxylic acids is 1. The minimum atomic E-state index is 0.0191. The van der Waals surface area contributed by atoms with Gasteiger partial charge in [-0.15, -0.1) is 0 Å². The molecular formula is C18H15ClO2. The number of carbonyl (C=O) groups is 1. The van der Waals surface area contributed by atoms with Gasteiger partial charge in [-0.1, -0.05) is 35.9 Å². The van der Waals surface area contributed by atoms with E-state index in [2.05, 4.69) is 19.1 Å². The fourth-order valence-corrected chi connectivity index (χ4v) is 2.59. The maximum absolute atomic E-state index is 12.3. The number of aryl methyl sites for hydroxylation is 2. The van der Waals surface area contributed by atoms with Gasteiger partial charge in [-0.3, -0.25) is 4.79 Å². The Hall–Kier alpha value is -2.06. The number of halogens is 1. The van der Waals surface area contributed by atoms with Crippen LogP contribution in [0.2, 0.25) is 5.02 Å². The zero-order valence-corrected chi connectivity index (χ0v) is 12.5. The quantitative estimate of drug-likeness (QED) is 0.619. The molecule has 0 saturated heterocycles. The largest absolute Gasteiger partial charge is 0.453 e. The lowest BCUT2D eigenvalue weighted by atomic mass is 10.0. The van der Waals surface area contributed by atoms with E-state index in [4.69, 9.17) is 16.0 Å². The van der Waals surface area contributed by atoms with Crippen LogP contribution in [0.5, 0.6) is 0 Å². The second-order valence-electron chi connectivity index (χ2n) is 5.14. The van der Waals surface area contributed by atoms with Crippen LogP contribution in [0.4, 0.5) is 0 Å². The van der Waals surface area contributed by atoms with E-state index in [9.17, 15) is 4.79 Å². The number of hydrogen-bond donors (Lipinski definition) is 0. The normalized spacial score (nSPS) is 11.0. The molecule has 0 aliphatic heterocycles. The van der Waals surface area contributed by atoms with Crippen molar-refractivity contribution in [3.05, 3.63) is 70.4 Å². The molecule has 21 heavy (non-hydrogen) atoms. The molecule has 0 aliphatic rings. The summed E-state index contributed by atoms with van der Waals surface area (Å²) >= 11 is 5.94. The Bertz CT molecular complexity index is 802. The number of fused-ring (bicyclic) bond motifs is 1. The zero-order valence-electron chi connectivity index (χ0n) is 11.7. The van der Waals surface area contributed by atoms with Crippen LogP contribution < -0.4 is 0 Å². The Morgan fingerprint density at radius 2 is 1.95 bits per heavy atom. The number of hydrogen-bond acceptors (Lipinski definition) is 2. The molecule has 1 aromatic heterocycles. The van der Waals surface area contributed by atoms with Gasteiger partial charge in [0.25, 0.3) is 0 Å². The summed E-state index contributed by atoms with van der Waals surface area (Å²) in [7, 11) is 0. The van der Waals surface area contributed by atoms with E-state index < -0.39 is 0 Å². The van der Waals surface area contributed by atoms with Gasteiger partial charge in [0.15, 0.2) is 11.5 Å². The fourth-order valence-electron chi connectivity index (χ4n) is 2.41. The Morgan fingerprint density at radius 1 is 1.14 bits per heavy atom. The Labute approximate surface area is 128 Å². The van der Waals surface area contributed by atoms with Crippen molar-refractivity contribution in [2.45, 2.75) is 19.8 Å². The first-order valence-corrected chi connectivity index (χ1v) is 7.28. The molecule has 0 N–H and O–H groups in total. The maximum atomic E-state index is 12.3. The van der Waals surface area contributed by atoms with Gasteiger partial charge in [-0.05, 0) is 48.7 Å². The standard InChI is InChI=1S/C18H15ClO2/c1-12-4-2-3-5-13(12)6-8-16(20)18-11-14-10-15(19)7-9-17(14)21-18/h2-5,7,9-11H,6,8H2,1H3. The van der Waals surface area contributed by atoms with E-state index >= 15 is 0 Å². The fraction of sp³-hybridized carbons (Fsp3) is 0.167. The van der Waals surface area contributed by atoms with Crippen molar-refractivity contribution in [1.29, 1.82) is 0 Å². The van der Waals surface area contributed by atoms with Crippen LogP contribution in [0.15, 0.2) is 52.9 Å². The first-order valence-electron chi connectivity index (χ1n) is 6.90. The molecule has 0 radical (unpaired) electrons. The van der Waals surface area contributed by atoms with E-state index in [-0.39, 0.29) is 5.78 Å². The summed E-state index contributed by atoms with van der Waals surface area (Å²) in [6.07, 6.45) is 1.17. The van der Waals surface area contributed by atoms with Crippen LogP contribution in [0.25, 0.3) is 11.0 Å². The van der Waals surface area contributed by atoms with Crippen LogP contribution in [-0.2, 0) is 6.42 Å². The van der Waals surface area contributed by atoms with Crippen LogP contribution in [0, 0.1) is 6.92 Å². The van der Waals surface area contributed by atoms with Crippen molar-refractivity contribution < 1.29 is 9.21 Å². The molecule has 0 atom stereocenters. The van der Waals surface area contributed by atoms with Gasteiger partial charge < -0.3 is 4.42 Å². The third-order valence-electron chi connectivity index (χ3n) is 3.64. The minimum Gasteiger partial charge on any atom is -0.453 e. The van der Waals surface area contributed by atoms with Crippen molar-refractivity contribution in [3.63, 3.8) is 0 Å². The van der Waals surface area contributed by atoms with Crippen LogP contribution >= 0.6 is 11.6 Å². The monoisotopic (exact) mass is 298 g/mol. The summed E-state index contributed by atoms with van der Waals surface area (Å²) in [4.78, 5) is 12.3. The minimum absolute atomic E-state index is 0.0191. The number of furan rings is 1. The second-order valence-corrected chi connectivity index (χ2v) is 5.58. The summed E-state index contributed by atoms with van der Waals surface area (Å²) in [5.41, 5.74) is 3.10. The van der Waals surface area contributed by atoms with Crippen molar-refractivity contribution in [2.75, 3.05) is 0 Å². The smallest absolute Gasteiger partial charge is 0.198 e. The highest BCUT2D eigenvalue weighted by Gasteiger charge is 2.13. The van der Waals surface area contributed by atoms with E-state index in [0.29, 0.717) is 22.8 Å². The first-order chi connectivity index (χ1) is 10.1. The molecule has 0 spiro atoms. The summed E-state index contributed by atoms with van der Waals surface area (Å²) in [6.45, 7) is 2.06. The average Bonchev–Trinajstić information content (AvgIpc) is 2.89. The molecule has 2 aromatic carbocycles. The Kier molecular flexibility index (Phi) is 3.80. The highest BCUT2D eigenvalue weighted by Crippen LogP contribution is 2.24. The first kappa shape index (κ1) is 13.9. The second kappa shape index (κ2) is 5.74. The predicted molar refractivity (Wildman–Crippen MR) is 85.1 cm³/mol. The van der Waals surface area contributed by atoms with Crippen LogP contribution in [0.1, 0.15) is 28.1 Å². The van der Waals surface area contributed by atoms with Gasteiger partial charge in [-0.2, -0.15) is 0 Å². The lowest BCUT2D eigenvalue weighted by Gasteiger charge is -2.03. The van der Waals surface area contributed by atoms with E-state index in [1.807, 2.05) is 12.1 Å². The molecule has 3 aromatic rings. The van der Waals surface area contributed by atoms with Gasteiger partial charge in [0, 0.05) is 16.8 Å². The van der Waals surface area contributed by atoms with Crippen molar-refractivity contribution in [1.82, 2.24) is 0 Å². The molecular weight excluding hydrogens is 284 g/mol. The van der Waals surface area contributed by atoms with Crippen molar-refractivity contribution >= 4 is 28.4 Å². The van der Waals surface area contributed by atoms with E-state index in [1.165, 1.54) is 11.1 Å². The summed E-state index contributed by atoms with van der Waals surface area (Å²) in [5.74, 6) is 0.423. The third kappa shape index (κ3) is 3.01. The van der Waals surface area contributed by atoms with E-state index in [0.717, 1.165) is 11.8 Å². The number of rotatable bonds is 4. The summed E-state index contributed by atoms with van der Waals surface area (Å²) in [5, 5.41) is 1.50. The van der Waals surface area contributed by atoms with Gasteiger partial charge >= 0.3 is 0 Å². The molecule has 2 nitrogen and oxygen atoms in total. The van der Waals surface area contributed by atoms with Gasteiger partial charge in [0.2, 0.25) is 0 Å². The molecule has 0 fully saturated rings. The number of benzene rings is 2. The molecule has 0 saturated carbocycles. The highest BCUT2D eigenvalue weighted by atomic mass is 35.5. The number of Topliss-reactive ketones (excluding diaryl/α,β-unsaturated/α-hetero) is 1. The molecule has 3 heteroatoms. The molecule has 3 rings (SSSR count). The molecule has 0 aliphatic carbocycles. The van der Waals surface area contributed by atoms with Gasteiger partial charge in [0.05, 0.1) is 0 Å². The van der Waals surface area contributed by atoms with Crippen LogP contribution in [-0.4, -0.2) is 5.78 Å². The predicted octanol–water partition coefficient (Wildman–Crippen LogP) is 5.21. The lowest BCUT2D eigenvalue weighted by Crippen LogP contribution is -2.00. The van der Waals surface area contributed by atoms with Gasteiger partial charge in [-0.25, -0.2) is 0 Å². The zero-order chi connectivity index (χ0) is 14.8. The Morgan fingerprint density at radius 3 is 2.76 bits per heavy atom. The highest BCUT2D eigenvalue weighted by molar-refractivity contribution is 6.31. The lowest BCUT2D eigenvalue weighted by molar-refractivity contribution is 0.0958.